The van der Waals surface area contributed by atoms with Crippen LogP contribution in [-0.4, -0.2) is 18.9 Å². The van der Waals surface area contributed by atoms with Gasteiger partial charge in [0.05, 0.1) is 27.6 Å². The zero-order valence-corrected chi connectivity index (χ0v) is 18.2. The Bertz CT molecular complexity index is 2060. The monoisotopic (exact) mass is 434 g/mol. The van der Waals surface area contributed by atoms with Gasteiger partial charge >= 0.3 is 0 Å². The van der Waals surface area contributed by atoms with Crippen LogP contribution in [0.1, 0.15) is 0 Å². The molecule has 0 unspecified atom stereocenters. The molecule has 0 saturated heterocycles. The van der Waals surface area contributed by atoms with Crippen molar-refractivity contribution in [2.45, 2.75) is 0 Å². The lowest BCUT2D eigenvalue weighted by molar-refractivity contribution is 1.18. The standard InChI is InChI=1S/C30H18N4/c1-2-8-19(9-3-1)33-24-12-6-4-10-21(24)29-26(33)14-15-27-28(29)20-16-17-31-18-22(20)30-32-23-11-5-7-13-25(23)34(27)30/h1-18H. The Labute approximate surface area is 194 Å². The summed E-state index contributed by atoms with van der Waals surface area (Å²) in [6.45, 7) is 0. The molecular formula is C30H18N4. The SMILES string of the molecule is c1ccc(-n2c3ccccc3c3c4c5ccncc5c5nc6ccccc6n5c4ccc32)cc1. The van der Waals surface area contributed by atoms with Crippen LogP contribution in [-0.2, 0) is 0 Å². The molecule has 0 fully saturated rings. The van der Waals surface area contributed by atoms with Gasteiger partial charge in [-0.2, -0.15) is 0 Å². The van der Waals surface area contributed by atoms with E-state index in [4.69, 9.17) is 4.98 Å². The number of para-hydroxylation sites is 4. The summed E-state index contributed by atoms with van der Waals surface area (Å²) in [7, 11) is 0. The van der Waals surface area contributed by atoms with Crippen LogP contribution in [0.2, 0.25) is 0 Å². The summed E-state index contributed by atoms with van der Waals surface area (Å²) in [4.78, 5) is 9.48. The van der Waals surface area contributed by atoms with Crippen molar-refractivity contribution in [2.75, 3.05) is 0 Å². The molecule has 4 nitrogen and oxygen atoms in total. The van der Waals surface area contributed by atoms with Gasteiger partial charge in [-0.25, -0.2) is 4.98 Å². The molecule has 4 aromatic heterocycles. The number of rotatable bonds is 1. The molecule has 34 heavy (non-hydrogen) atoms. The summed E-state index contributed by atoms with van der Waals surface area (Å²) in [6.07, 6.45) is 3.83. The van der Waals surface area contributed by atoms with E-state index in [0.717, 1.165) is 33.3 Å². The second-order valence-corrected chi connectivity index (χ2v) is 8.72. The fourth-order valence-electron chi connectivity index (χ4n) is 5.60. The van der Waals surface area contributed by atoms with E-state index < -0.39 is 0 Å². The van der Waals surface area contributed by atoms with Crippen LogP contribution in [0.4, 0.5) is 0 Å². The van der Waals surface area contributed by atoms with Gasteiger partial charge in [-0.15, -0.1) is 0 Å². The molecule has 4 heterocycles. The van der Waals surface area contributed by atoms with E-state index in [1.165, 1.54) is 32.6 Å². The quantitative estimate of drug-likeness (QED) is 0.254. The van der Waals surface area contributed by atoms with E-state index >= 15 is 0 Å². The zero-order valence-electron chi connectivity index (χ0n) is 18.2. The Morgan fingerprint density at radius 3 is 2.18 bits per heavy atom. The highest BCUT2D eigenvalue weighted by atomic mass is 15.0. The average molecular weight is 435 g/mol. The molecule has 158 valence electrons. The van der Waals surface area contributed by atoms with E-state index in [9.17, 15) is 0 Å². The Hall–Kier alpha value is -4.70. The molecular weight excluding hydrogens is 416 g/mol. The highest BCUT2D eigenvalue weighted by Gasteiger charge is 2.20. The van der Waals surface area contributed by atoms with Crippen LogP contribution in [0.3, 0.4) is 0 Å². The van der Waals surface area contributed by atoms with Gasteiger partial charge in [0.2, 0.25) is 0 Å². The molecule has 0 radical (unpaired) electrons. The van der Waals surface area contributed by atoms with Crippen LogP contribution < -0.4 is 0 Å². The first-order chi connectivity index (χ1) is 16.9. The van der Waals surface area contributed by atoms with Gasteiger partial charge in [0, 0.05) is 39.6 Å². The smallest absolute Gasteiger partial charge is 0.147 e. The molecule has 0 bridgehead atoms. The van der Waals surface area contributed by atoms with Crippen molar-refractivity contribution in [1.29, 1.82) is 0 Å². The fourth-order valence-corrected chi connectivity index (χ4v) is 5.60. The van der Waals surface area contributed by atoms with Gasteiger partial charge in [-0.05, 0) is 53.9 Å². The molecule has 4 aromatic carbocycles. The number of pyridine rings is 2. The van der Waals surface area contributed by atoms with Crippen molar-refractivity contribution in [2.24, 2.45) is 0 Å². The van der Waals surface area contributed by atoms with E-state index in [0.29, 0.717) is 0 Å². The van der Waals surface area contributed by atoms with Gasteiger partial charge < -0.3 is 4.57 Å². The minimum absolute atomic E-state index is 0.947. The lowest BCUT2D eigenvalue weighted by Gasteiger charge is -2.11. The normalized spacial score (nSPS) is 12.1. The molecule has 0 amide bonds. The van der Waals surface area contributed by atoms with Crippen molar-refractivity contribution in [1.82, 2.24) is 18.9 Å². The Balaban J connectivity index is 1.72. The number of nitrogens with zero attached hydrogens (tertiary/aromatic N) is 4. The maximum Gasteiger partial charge on any atom is 0.147 e. The summed E-state index contributed by atoms with van der Waals surface area (Å²) < 4.78 is 4.66. The summed E-state index contributed by atoms with van der Waals surface area (Å²) in [5.41, 5.74) is 7.77. The summed E-state index contributed by atoms with van der Waals surface area (Å²) in [6, 6.07) is 34.3. The highest BCUT2D eigenvalue weighted by Crippen LogP contribution is 2.41. The minimum atomic E-state index is 0.947. The van der Waals surface area contributed by atoms with Crippen LogP contribution in [0.5, 0.6) is 0 Å². The molecule has 0 aliphatic heterocycles. The first-order valence-electron chi connectivity index (χ1n) is 11.4. The number of fused-ring (bicyclic) bond motifs is 12. The largest absolute Gasteiger partial charge is 0.309 e. The highest BCUT2D eigenvalue weighted by molar-refractivity contribution is 6.29. The van der Waals surface area contributed by atoms with E-state index in [2.05, 4.69) is 105 Å². The topological polar surface area (TPSA) is 35.1 Å². The lowest BCUT2D eigenvalue weighted by atomic mass is 10.0. The molecule has 0 atom stereocenters. The van der Waals surface area contributed by atoms with Gasteiger partial charge in [-0.1, -0.05) is 48.5 Å². The number of hydrogen-bond donors (Lipinski definition) is 0. The van der Waals surface area contributed by atoms with Crippen molar-refractivity contribution in [3.63, 3.8) is 0 Å². The fraction of sp³-hybridized carbons (Fsp3) is 0. The third-order valence-electron chi connectivity index (χ3n) is 6.96. The Kier molecular flexibility index (Phi) is 3.36. The third kappa shape index (κ3) is 2.17. The van der Waals surface area contributed by atoms with Gasteiger partial charge in [0.15, 0.2) is 0 Å². The second-order valence-electron chi connectivity index (χ2n) is 8.72. The molecule has 8 aromatic rings. The summed E-state index contributed by atoms with van der Waals surface area (Å²) in [5, 5.41) is 5.97. The van der Waals surface area contributed by atoms with Crippen molar-refractivity contribution in [3.8, 4) is 5.69 Å². The number of imidazole rings is 1. The van der Waals surface area contributed by atoms with Crippen molar-refractivity contribution < 1.29 is 0 Å². The minimum Gasteiger partial charge on any atom is -0.309 e. The lowest BCUT2D eigenvalue weighted by Crippen LogP contribution is -1.95. The number of aromatic nitrogens is 4. The molecule has 0 saturated carbocycles. The van der Waals surface area contributed by atoms with Crippen molar-refractivity contribution in [3.05, 3.63) is 109 Å². The molecule has 0 aliphatic rings. The third-order valence-corrected chi connectivity index (χ3v) is 6.96. The average Bonchev–Trinajstić information content (AvgIpc) is 3.46. The first-order valence-corrected chi connectivity index (χ1v) is 11.4. The summed E-state index contributed by atoms with van der Waals surface area (Å²) in [5.74, 6) is 0. The molecule has 8 rings (SSSR count). The Morgan fingerprint density at radius 2 is 1.26 bits per heavy atom. The predicted molar refractivity (Wildman–Crippen MR) is 140 cm³/mol. The van der Waals surface area contributed by atoms with E-state index in [1.807, 2.05) is 18.5 Å². The maximum absolute atomic E-state index is 5.01. The zero-order chi connectivity index (χ0) is 22.2. The van der Waals surface area contributed by atoms with Gasteiger partial charge in [0.1, 0.15) is 5.65 Å². The molecule has 0 spiro atoms. The van der Waals surface area contributed by atoms with E-state index in [-0.39, 0.29) is 0 Å². The van der Waals surface area contributed by atoms with Crippen LogP contribution in [0, 0.1) is 0 Å². The molecule has 0 N–H and O–H groups in total. The van der Waals surface area contributed by atoms with Crippen LogP contribution in [0.25, 0.3) is 65.8 Å². The summed E-state index contributed by atoms with van der Waals surface area (Å²) >= 11 is 0. The first kappa shape index (κ1) is 17.8. The number of benzene rings is 4. The van der Waals surface area contributed by atoms with Crippen LogP contribution >= 0.6 is 0 Å². The number of hydrogen-bond acceptors (Lipinski definition) is 2. The maximum atomic E-state index is 5.01. The van der Waals surface area contributed by atoms with Gasteiger partial charge in [-0.3, -0.25) is 9.38 Å². The van der Waals surface area contributed by atoms with Crippen LogP contribution in [0.15, 0.2) is 109 Å². The molecule has 0 aliphatic carbocycles. The Morgan fingerprint density at radius 1 is 0.529 bits per heavy atom. The van der Waals surface area contributed by atoms with E-state index in [1.54, 1.807) is 0 Å². The van der Waals surface area contributed by atoms with Crippen molar-refractivity contribution >= 4 is 60.2 Å². The second kappa shape index (κ2) is 6.42. The van der Waals surface area contributed by atoms with Gasteiger partial charge in [0.25, 0.3) is 0 Å². The predicted octanol–water partition coefficient (Wildman–Crippen LogP) is 7.29. The molecule has 4 heteroatoms.